The Hall–Kier alpha value is -10.6. The van der Waals surface area contributed by atoms with Crippen LogP contribution in [0, 0.1) is 11.8 Å². The molecule has 32 nitrogen and oxygen atoms in total. The maximum absolute atomic E-state index is 11.8. The molecule has 0 saturated heterocycles. The highest BCUT2D eigenvalue weighted by Gasteiger charge is 2.22. The number of amides is 8. The minimum Gasteiger partial charge on any atom is -0.469 e. The molecule has 0 aliphatic heterocycles. The Balaban J connectivity index is -0.000000243. The predicted octanol–water partition coefficient (Wildman–Crippen LogP) is 19.6. The molecule has 32 heteroatoms. The monoisotopic (exact) mass is 2030 g/mol. The fourth-order valence-corrected chi connectivity index (χ4v) is 11.9. The van der Waals surface area contributed by atoms with Crippen molar-refractivity contribution >= 4 is 95.0 Å². The zero-order valence-corrected chi connectivity index (χ0v) is 92.7. The van der Waals surface area contributed by atoms with Crippen molar-refractivity contribution in [1.82, 2.24) is 39.2 Å². The minimum absolute atomic E-state index is 0.110. The highest BCUT2D eigenvalue weighted by Crippen LogP contribution is 2.15. The van der Waals surface area contributed by atoms with Crippen molar-refractivity contribution in [2.45, 2.75) is 355 Å². The van der Waals surface area contributed by atoms with Crippen molar-refractivity contribution < 1.29 is 115 Å². The van der Waals surface area contributed by atoms with E-state index in [0.29, 0.717) is 156 Å². The first-order valence-electron chi connectivity index (χ1n) is 52.9. The van der Waals surface area contributed by atoms with E-state index in [0.717, 1.165) is 148 Å². The Kier molecular flexibility index (Phi) is 112. The van der Waals surface area contributed by atoms with Crippen LogP contribution < -0.4 is 0 Å². The molecular formula is C111H198N8O24. The molecule has 0 N–H and O–H groups in total. The molecule has 0 fully saturated rings. The maximum atomic E-state index is 11.8. The number of methoxy groups -OCH3 is 1. The van der Waals surface area contributed by atoms with Crippen LogP contribution in [-0.2, 0) is 115 Å². The lowest BCUT2D eigenvalue weighted by Gasteiger charge is -2.21. The van der Waals surface area contributed by atoms with Gasteiger partial charge in [0.15, 0.2) is 0 Å². The Morgan fingerprint density at radius 1 is 0.231 bits per heavy atom. The van der Waals surface area contributed by atoms with Gasteiger partial charge < -0.3 is 77.1 Å². The lowest BCUT2D eigenvalue weighted by atomic mass is 10.0. The summed E-state index contributed by atoms with van der Waals surface area (Å²) < 4.78 is 39.9. The van der Waals surface area contributed by atoms with Gasteiger partial charge >= 0.3 is 47.8 Å². The zero-order chi connectivity index (χ0) is 110. The normalized spacial score (nSPS) is 10.2. The number of nitrogens with zero attached hydrogens (tertiary/aromatic N) is 8. The first kappa shape index (κ1) is 148. The van der Waals surface area contributed by atoms with E-state index in [1.165, 1.54) is 81.4 Å². The van der Waals surface area contributed by atoms with Gasteiger partial charge in [0.2, 0.25) is 47.3 Å². The third-order valence-electron chi connectivity index (χ3n) is 20.8. The minimum atomic E-state index is -0.298. The van der Waals surface area contributed by atoms with Crippen molar-refractivity contribution in [3.63, 3.8) is 0 Å². The van der Waals surface area contributed by atoms with Crippen LogP contribution in [0.25, 0.3) is 0 Å². The van der Waals surface area contributed by atoms with Gasteiger partial charge in [-0.1, -0.05) is 253 Å². The van der Waals surface area contributed by atoms with E-state index in [1.807, 2.05) is 41.5 Å². The second-order valence-electron chi connectivity index (χ2n) is 34.2. The Morgan fingerprint density at radius 3 is 0.671 bits per heavy atom. The van der Waals surface area contributed by atoms with E-state index >= 15 is 0 Å². The van der Waals surface area contributed by atoms with Gasteiger partial charge in [0.05, 0.1) is 104 Å². The zero-order valence-electron chi connectivity index (χ0n) is 92.7. The van der Waals surface area contributed by atoms with Gasteiger partial charge in [0, 0.05) is 105 Å². The third kappa shape index (κ3) is 97.3. The van der Waals surface area contributed by atoms with Crippen molar-refractivity contribution in [3.05, 3.63) is 101 Å². The molecular weight excluding hydrogens is 1830 g/mol. The van der Waals surface area contributed by atoms with Crippen molar-refractivity contribution in [2.75, 3.05) is 151 Å². The number of carbonyl (C=O) groups excluding carboxylic acids is 16. The average Bonchev–Trinajstić information content (AvgIpc) is 0.928. The third-order valence-corrected chi connectivity index (χ3v) is 20.8. The molecule has 1 unspecified atom stereocenters. The van der Waals surface area contributed by atoms with E-state index < -0.39 is 0 Å². The van der Waals surface area contributed by atoms with E-state index in [4.69, 9.17) is 33.2 Å². The maximum Gasteiger partial charge on any atom is 0.307 e. The van der Waals surface area contributed by atoms with Crippen LogP contribution in [0.3, 0.4) is 0 Å². The Bertz CT molecular complexity index is 3440. The summed E-state index contributed by atoms with van der Waals surface area (Å²) in [6, 6.07) is 0. The molecule has 0 radical (unpaired) electrons. The largest absolute Gasteiger partial charge is 0.469 e. The summed E-state index contributed by atoms with van der Waals surface area (Å²) in [6.45, 7) is 75.3. The molecule has 143 heavy (non-hydrogen) atoms. The number of hydrogen-bond donors (Lipinski definition) is 0. The molecule has 1 atom stereocenters. The molecule has 0 heterocycles. The number of esters is 8. The summed E-state index contributed by atoms with van der Waals surface area (Å²) in [7, 11) is 1.34. The van der Waals surface area contributed by atoms with Crippen molar-refractivity contribution in [3.8, 4) is 0 Å². The molecule has 0 aromatic heterocycles. The topological polar surface area (TPSA) is 373 Å². The van der Waals surface area contributed by atoms with Crippen molar-refractivity contribution in [2.24, 2.45) is 11.8 Å². The fourth-order valence-electron chi connectivity index (χ4n) is 11.9. The SMILES string of the molecule is C=CC(=O)N(CCCC)CCC(=O)OC.C=CC(=O)N(CCCC)CCC(=O)OC(C)C.C=CC(=O)N(CCCC)CCC(=O)OCC.C=CC(=O)N(CCCC)CCC(=O)OCC(C)C.C=CC(=O)N(CCCC)CCC(=O)OCC(CC)CCCC.C=CC(=O)N(CCCC)CCC(=O)OCCC.C=CC(=O)N(CCCC)CCC(=O)OCCCC.C=CC(=O)N(CCCC)CCC(=O)OCCCCCC. The molecule has 0 spiro atoms. The number of rotatable bonds is 76. The highest BCUT2D eigenvalue weighted by atomic mass is 16.6. The summed E-state index contributed by atoms with van der Waals surface area (Å²) in [5.74, 6) is -2.19. The van der Waals surface area contributed by atoms with Gasteiger partial charge in [-0.2, -0.15) is 0 Å². The van der Waals surface area contributed by atoms with Gasteiger partial charge in [-0.05, 0) is 158 Å². The summed E-state index contributed by atoms with van der Waals surface area (Å²) in [5, 5.41) is 0. The summed E-state index contributed by atoms with van der Waals surface area (Å²) in [4.78, 5) is 196. The molecule has 826 valence electrons. The molecule has 0 aliphatic rings. The number of unbranched alkanes of at least 4 members (excludes halogenated alkanes) is 13. The second kappa shape index (κ2) is 109. The van der Waals surface area contributed by atoms with Gasteiger partial charge in [-0.15, -0.1) is 0 Å². The Labute approximate surface area is 864 Å². The number of carbonyl (C=O) groups is 16. The van der Waals surface area contributed by atoms with E-state index in [-0.39, 0.29) is 152 Å². The lowest BCUT2D eigenvalue weighted by Crippen LogP contribution is -2.33. The van der Waals surface area contributed by atoms with E-state index in [2.05, 4.69) is 134 Å². The summed E-state index contributed by atoms with van der Waals surface area (Å²) >= 11 is 0. The molecule has 8 amide bonds. The number of hydrogen-bond acceptors (Lipinski definition) is 24. The lowest BCUT2D eigenvalue weighted by molar-refractivity contribution is -0.149. The van der Waals surface area contributed by atoms with Crippen LogP contribution >= 0.6 is 0 Å². The fraction of sp³-hybridized carbons (Fsp3) is 0.712. The second-order valence-corrected chi connectivity index (χ2v) is 34.2. The standard InChI is InChI=1S/C18H33NO3.C16H29NO3.2C14H25NO3.2C13H23NO3.C12H21NO3.C11H19NO3/c1-5-9-11-16(7-3)15-22-18(21)12-14-19(13-10-6-2)17(20)8-4;1-4-7-9-10-14-20-16(19)11-13-17(12-8-5-2)15(18)6-3;1-5-7-9-15(13(16)6-2)10-8-14(17)18-11-12(3)4;1-4-7-10-15(13(16)6-3)11-9-14(17)18-12-8-5-2;1-5-7-9-14(12(15)6-2)10-8-13(16)17-11(3)4;1-4-7-9-14(12(15)6-3)10-8-13(16)17-11-5-2;1-4-7-9-13(11(14)5-2)10-8-12(15)16-6-3;1-4-6-8-12(10(13)5-2)9-7-11(14)15-3/h8,16H,4-7,9-15H2,1-3H3;6H,3-5,7-14H2,1-2H3;6,12H,2,5,7-11H2,1,3-4H3;6H,3-5,7-12H2,1-2H3;6,11H,2,5,7-10H2,1,3-4H3;6H,3-5,7-11H2,1-2H3;5H,2,4,6-10H2,1,3H3;5H,2,4,6-9H2,1,3H3. The summed E-state index contributed by atoms with van der Waals surface area (Å²) in [6.07, 6.45) is 39.3. The van der Waals surface area contributed by atoms with E-state index in [1.54, 1.807) is 46.1 Å². The van der Waals surface area contributed by atoms with Gasteiger partial charge in [0.1, 0.15) is 0 Å². The predicted molar refractivity (Wildman–Crippen MR) is 573 cm³/mol. The first-order chi connectivity index (χ1) is 68.3. The number of ether oxygens (including phenoxy) is 8. The van der Waals surface area contributed by atoms with Gasteiger partial charge in [-0.3, -0.25) is 76.7 Å². The van der Waals surface area contributed by atoms with E-state index in [9.17, 15) is 76.7 Å². The van der Waals surface area contributed by atoms with Crippen molar-refractivity contribution in [1.29, 1.82) is 0 Å². The van der Waals surface area contributed by atoms with Crippen LogP contribution in [0.4, 0.5) is 0 Å². The van der Waals surface area contributed by atoms with Crippen LogP contribution in [0.2, 0.25) is 0 Å². The Morgan fingerprint density at radius 2 is 0.455 bits per heavy atom. The molecule has 0 aliphatic carbocycles. The van der Waals surface area contributed by atoms with Gasteiger partial charge in [0.25, 0.3) is 0 Å². The quantitative estimate of drug-likeness (QED) is 0.0236. The molecule has 0 aromatic rings. The molecule has 0 saturated carbocycles. The van der Waals surface area contributed by atoms with Crippen LogP contribution in [0.5, 0.6) is 0 Å². The highest BCUT2D eigenvalue weighted by molar-refractivity contribution is 5.91. The first-order valence-corrected chi connectivity index (χ1v) is 52.9. The average molecular weight is 2030 g/mol. The smallest absolute Gasteiger partial charge is 0.307 e. The van der Waals surface area contributed by atoms with Crippen LogP contribution in [0.15, 0.2) is 101 Å². The van der Waals surface area contributed by atoms with Crippen LogP contribution in [0.1, 0.15) is 349 Å². The van der Waals surface area contributed by atoms with Crippen LogP contribution in [-0.4, -0.2) is 292 Å². The molecule has 0 bridgehead atoms. The molecule has 0 aromatic carbocycles. The van der Waals surface area contributed by atoms with Gasteiger partial charge in [-0.25, -0.2) is 0 Å². The molecule has 0 rings (SSSR count). The summed E-state index contributed by atoms with van der Waals surface area (Å²) in [5.41, 5.74) is 0.